The maximum absolute atomic E-state index is 11.7. The molecule has 1 aliphatic heterocycles. The highest BCUT2D eigenvalue weighted by Gasteiger charge is 2.24. The minimum absolute atomic E-state index is 0.110. The lowest BCUT2D eigenvalue weighted by Gasteiger charge is -2.06. The van der Waals surface area contributed by atoms with Gasteiger partial charge in [0, 0.05) is 13.7 Å². The summed E-state index contributed by atoms with van der Waals surface area (Å²) in [5.41, 5.74) is 0. The second kappa shape index (κ2) is 3.88. The van der Waals surface area contributed by atoms with Gasteiger partial charge >= 0.3 is 0 Å². The van der Waals surface area contributed by atoms with Crippen molar-refractivity contribution >= 4 is 5.78 Å². The fourth-order valence-corrected chi connectivity index (χ4v) is 1.58. The molecule has 1 saturated heterocycles. The van der Waals surface area contributed by atoms with Crippen LogP contribution in [0.25, 0.3) is 0 Å². The van der Waals surface area contributed by atoms with Crippen LogP contribution in [0.2, 0.25) is 0 Å². The van der Waals surface area contributed by atoms with Gasteiger partial charge in [0.1, 0.15) is 18.3 Å². The minimum Gasteiger partial charge on any atom is -0.370 e. The molecule has 2 rings (SSSR count). The second-order valence-electron chi connectivity index (χ2n) is 3.44. The number of Topliss-reactive ketones (excluding diaryl/α,β-unsaturated/α-hetero) is 1. The zero-order chi connectivity index (χ0) is 9.97. The lowest BCUT2D eigenvalue weighted by molar-refractivity contribution is -0.127. The Morgan fingerprint density at radius 1 is 1.79 bits per heavy atom. The van der Waals surface area contributed by atoms with Crippen LogP contribution in [-0.2, 0) is 23.0 Å². The molecule has 14 heavy (non-hydrogen) atoms. The van der Waals surface area contributed by atoms with Gasteiger partial charge in [-0.1, -0.05) is 0 Å². The van der Waals surface area contributed by atoms with Gasteiger partial charge in [0.2, 0.25) is 0 Å². The molecule has 0 saturated carbocycles. The van der Waals surface area contributed by atoms with E-state index in [0.29, 0.717) is 18.9 Å². The lowest BCUT2D eigenvalue weighted by Crippen LogP contribution is -2.22. The van der Waals surface area contributed by atoms with E-state index in [4.69, 9.17) is 4.74 Å². The number of carbonyl (C=O) groups is 1. The summed E-state index contributed by atoms with van der Waals surface area (Å²) in [6.45, 7) is 0.704. The molecule has 76 valence electrons. The molecule has 2 heterocycles. The van der Waals surface area contributed by atoms with E-state index in [1.54, 1.807) is 11.7 Å². The number of ketones is 1. The van der Waals surface area contributed by atoms with Crippen molar-refractivity contribution in [1.29, 1.82) is 0 Å². The van der Waals surface area contributed by atoms with Crippen LogP contribution in [0.1, 0.15) is 18.7 Å². The van der Waals surface area contributed by atoms with E-state index in [1.165, 1.54) is 6.33 Å². The molecule has 0 bridgehead atoms. The number of ether oxygens (including phenoxy) is 1. The Bertz CT molecular complexity index is 329. The third-order valence-corrected chi connectivity index (χ3v) is 2.43. The SMILES string of the molecule is Cn1ncnc1CC(=O)C1CCCO1. The van der Waals surface area contributed by atoms with Gasteiger partial charge in [0.05, 0.1) is 6.42 Å². The molecule has 0 spiro atoms. The van der Waals surface area contributed by atoms with Gasteiger partial charge in [-0.25, -0.2) is 4.98 Å². The largest absolute Gasteiger partial charge is 0.370 e. The van der Waals surface area contributed by atoms with Crippen LogP contribution in [0.4, 0.5) is 0 Å². The highest BCUT2D eigenvalue weighted by Crippen LogP contribution is 2.14. The molecule has 1 unspecified atom stereocenters. The Morgan fingerprint density at radius 3 is 3.21 bits per heavy atom. The molecule has 1 fully saturated rings. The van der Waals surface area contributed by atoms with Crippen LogP contribution in [0.5, 0.6) is 0 Å². The number of nitrogens with zero attached hydrogens (tertiary/aromatic N) is 3. The summed E-state index contributed by atoms with van der Waals surface area (Å²) < 4.78 is 6.91. The summed E-state index contributed by atoms with van der Waals surface area (Å²) in [4.78, 5) is 15.7. The van der Waals surface area contributed by atoms with Crippen molar-refractivity contribution in [2.45, 2.75) is 25.4 Å². The van der Waals surface area contributed by atoms with Gasteiger partial charge in [-0.3, -0.25) is 9.48 Å². The van der Waals surface area contributed by atoms with Gasteiger partial charge in [-0.05, 0) is 12.8 Å². The quantitative estimate of drug-likeness (QED) is 0.686. The Morgan fingerprint density at radius 2 is 2.64 bits per heavy atom. The van der Waals surface area contributed by atoms with Crippen LogP contribution in [0.15, 0.2) is 6.33 Å². The topological polar surface area (TPSA) is 57.0 Å². The standard InChI is InChI=1S/C9H13N3O2/c1-12-9(10-6-11-12)5-7(13)8-3-2-4-14-8/h6,8H,2-5H2,1H3. The molecular weight excluding hydrogens is 182 g/mol. The van der Waals surface area contributed by atoms with Crippen molar-refractivity contribution in [3.63, 3.8) is 0 Å². The fourth-order valence-electron chi connectivity index (χ4n) is 1.58. The van der Waals surface area contributed by atoms with Crippen LogP contribution in [-0.4, -0.2) is 33.3 Å². The maximum Gasteiger partial charge on any atom is 0.169 e. The normalized spacial score (nSPS) is 21.4. The lowest BCUT2D eigenvalue weighted by atomic mass is 10.1. The summed E-state index contributed by atoms with van der Waals surface area (Å²) in [6, 6.07) is 0. The molecule has 0 N–H and O–H groups in total. The van der Waals surface area contributed by atoms with Gasteiger partial charge < -0.3 is 4.74 Å². The molecule has 0 aromatic carbocycles. The van der Waals surface area contributed by atoms with Crippen molar-refractivity contribution in [2.24, 2.45) is 7.05 Å². The third kappa shape index (κ3) is 1.82. The number of aryl methyl sites for hydroxylation is 1. The molecule has 5 nitrogen and oxygen atoms in total. The first-order valence-corrected chi connectivity index (χ1v) is 4.74. The van der Waals surface area contributed by atoms with Crippen LogP contribution in [0, 0.1) is 0 Å². The van der Waals surface area contributed by atoms with Crippen molar-refractivity contribution in [3.8, 4) is 0 Å². The van der Waals surface area contributed by atoms with Gasteiger partial charge in [0.25, 0.3) is 0 Å². The highest BCUT2D eigenvalue weighted by molar-refractivity contribution is 5.84. The maximum atomic E-state index is 11.7. The molecule has 0 radical (unpaired) electrons. The van der Waals surface area contributed by atoms with Crippen LogP contribution in [0.3, 0.4) is 0 Å². The van der Waals surface area contributed by atoms with E-state index < -0.39 is 0 Å². The summed E-state index contributed by atoms with van der Waals surface area (Å²) in [5.74, 6) is 0.809. The van der Waals surface area contributed by atoms with E-state index in [-0.39, 0.29) is 11.9 Å². The summed E-state index contributed by atoms with van der Waals surface area (Å²) in [6.07, 6.45) is 3.39. The summed E-state index contributed by atoms with van der Waals surface area (Å²) in [7, 11) is 1.78. The Kier molecular flexibility index (Phi) is 2.58. The monoisotopic (exact) mass is 195 g/mol. The molecule has 0 amide bonds. The Hall–Kier alpha value is -1.23. The average Bonchev–Trinajstić information content (AvgIpc) is 2.77. The highest BCUT2D eigenvalue weighted by atomic mass is 16.5. The number of hydrogen-bond donors (Lipinski definition) is 0. The number of carbonyl (C=O) groups excluding carboxylic acids is 1. The molecule has 5 heteroatoms. The molecule has 1 atom stereocenters. The number of rotatable bonds is 3. The van der Waals surface area contributed by atoms with Crippen molar-refractivity contribution in [1.82, 2.24) is 14.8 Å². The smallest absolute Gasteiger partial charge is 0.169 e. The number of aromatic nitrogens is 3. The Labute approximate surface area is 82.1 Å². The van der Waals surface area contributed by atoms with Gasteiger partial charge in [-0.2, -0.15) is 5.10 Å². The molecule has 1 aromatic heterocycles. The van der Waals surface area contributed by atoms with Gasteiger partial charge in [0.15, 0.2) is 5.78 Å². The van der Waals surface area contributed by atoms with E-state index in [0.717, 1.165) is 12.8 Å². The van der Waals surface area contributed by atoms with E-state index in [9.17, 15) is 4.79 Å². The predicted octanol–water partition coefficient (Wildman–Crippen LogP) is 0.106. The van der Waals surface area contributed by atoms with Crippen molar-refractivity contribution in [2.75, 3.05) is 6.61 Å². The minimum atomic E-state index is -0.216. The first-order chi connectivity index (χ1) is 6.77. The third-order valence-electron chi connectivity index (χ3n) is 2.43. The van der Waals surface area contributed by atoms with E-state index >= 15 is 0 Å². The Balaban J connectivity index is 1.97. The zero-order valence-electron chi connectivity index (χ0n) is 8.14. The van der Waals surface area contributed by atoms with E-state index in [1.807, 2.05) is 0 Å². The first-order valence-electron chi connectivity index (χ1n) is 4.74. The van der Waals surface area contributed by atoms with Gasteiger partial charge in [-0.15, -0.1) is 0 Å². The molecular formula is C9H13N3O2. The summed E-state index contributed by atoms with van der Waals surface area (Å²) in [5, 5.41) is 3.91. The summed E-state index contributed by atoms with van der Waals surface area (Å²) >= 11 is 0. The van der Waals surface area contributed by atoms with Crippen LogP contribution >= 0.6 is 0 Å². The second-order valence-corrected chi connectivity index (χ2v) is 3.44. The van der Waals surface area contributed by atoms with Crippen molar-refractivity contribution in [3.05, 3.63) is 12.2 Å². The van der Waals surface area contributed by atoms with Crippen LogP contribution < -0.4 is 0 Å². The fraction of sp³-hybridized carbons (Fsp3) is 0.667. The first kappa shape index (κ1) is 9.33. The van der Waals surface area contributed by atoms with E-state index in [2.05, 4.69) is 10.1 Å². The average molecular weight is 195 g/mol. The predicted molar refractivity (Wildman–Crippen MR) is 48.7 cm³/mol. The molecule has 1 aliphatic rings. The zero-order valence-corrected chi connectivity index (χ0v) is 8.14. The molecule has 0 aliphatic carbocycles. The number of hydrogen-bond acceptors (Lipinski definition) is 4. The van der Waals surface area contributed by atoms with Crippen molar-refractivity contribution < 1.29 is 9.53 Å². The molecule has 1 aromatic rings.